The predicted octanol–water partition coefficient (Wildman–Crippen LogP) is 4.26. The Kier molecular flexibility index (Phi) is 3.46. The molecule has 2 heterocycles. The number of fused-ring (bicyclic) bond motifs is 1. The van der Waals surface area contributed by atoms with E-state index in [1.807, 2.05) is 0 Å². The molecule has 128 valence electrons. The molecule has 0 amide bonds. The highest BCUT2D eigenvalue weighted by atomic mass is 16.6. The molecule has 4 rings (SSSR count). The van der Waals surface area contributed by atoms with Crippen molar-refractivity contribution in [3.05, 3.63) is 11.6 Å². The predicted molar refractivity (Wildman–Crippen MR) is 88.9 cm³/mol. The van der Waals surface area contributed by atoms with Crippen LogP contribution in [0.5, 0.6) is 0 Å². The molecular formula is C20H30O3. The lowest BCUT2D eigenvalue weighted by atomic mass is 9.46. The summed E-state index contributed by atoms with van der Waals surface area (Å²) in [4.78, 5) is 11.8. The molecule has 0 aromatic carbocycles. The highest BCUT2D eigenvalue weighted by Gasteiger charge is 2.64. The average Bonchev–Trinajstić information content (AvgIpc) is 3.12. The number of esters is 1. The summed E-state index contributed by atoms with van der Waals surface area (Å²) in [6, 6.07) is 0. The quantitative estimate of drug-likeness (QED) is 0.434. The minimum atomic E-state index is -0.0998. The fourth-order valence-corrected chi connectivity index (χ4v) is 6.28. The van der Waals surface area contributed by atoms with Gasteiger partial charge in [-0.05, 0) is 54.8 Å². The van der Waals surface area contributed by atoms with Crippen molar-refractivity contribution in [2.24, 2.45) is 22.7 Å². The van der Waals surface area contributed by atoms with Crippen LogP contribution < -0.4 is 0 Å². The van der Waals surface area contributed by atoms with Crippen LogP contribution in [0.2, 0.25) is 0 Å². The van der Waals surface area contributed by atoms with Crippen LogP contribution in [0.1, 0.15) is 65.7 Å². The lowest BCUT2D eigenvalue weighted by Gasteiger charge is -2.59. The van der Waals surface area contributed by atoms with Gasteiger partial charge in [0.1, 0.15) is 0 Å². The summed E-state index contributed by atoms with van der Waals surface area (Å²) in [7, 11) is 0. The van der Waals surface area contributed by atoms with E-state index in [4.69, 9.17) is 9.47 Å². The number of cyclic esters (lactones) is 1. The smallest absolute Gasteiger partial charge is 0.333 e. The van der Waals surface area contributed by atoms with Crippen LogP contribution in [0.3, 0.4) is 0 Å². The Morgan fingerprint density at radius 2 is 2.00 bits per heavy atom. The minimum Gasteiger partial charge on any atom is -0.462 e. The number of ether oxygens (including phenoxy) is 2. The first-order valence-corrected chi connectivity index (χ1v) is 9.38. The van der Waals surface area contributed by atoms with Crippen LogP contribution in [0.15, 0.2) is 11.6 Å². The Hall–Kier alpha value is -0.830. The number of rotatable bonds is 2. The van der Waals surface area contributed by atoms with Gasteiger partial charge in [-0.3, -0.25) is 0 Å². The van der Waals surface area contributed by atoms with Crippen molar-refractivity contribution in [1.82, 2.24) is 0 Å². The summed E-state index contributed by atoms with van der Waals surface area (Å²) in [6.07, 6.45) is 10.4. The third kappa shape index (κ3) is 2.38. The van der Waals surface area contributed by atoms with Crippen molar-refractivity contribution < 1.29 is 14.3 Å². The molecule has 3 nitrogen and oxygen atoms in total. The monoisotopic (exact) mass is 318 g/mol. The molecule has 0 radical (unpaired) electrons. The van der Waals surface area contributed by atoms with Crippen molar-refractivity contribution in [2.45, 2.75) is 71.3 Å². The molecule has 0 aromatic heterocycles. The van der Waals surface area contributed by atoms with E-state index in [2.05, 4.69) is 26.8 Å². The second-order valence-corrected chi connectivity index (χ2v) is 9.20. The molecular weight excluding hydrogens is 288 g/mol. The second kappa shape index (κ2) is 5.08. The third-order valence-corrected chi connectivity index (χ3v) is 7.55. The zero-order valence-electron chi connectivity index (χ0n) is 14.8. The molecule has 1 spiro atoms. The minimum absolute atomic E-state index is 0.0998. The molecule has 4 aliphatic rings. The SMILES string of the molecule is CC1(C)CCCC2(C)C1CCC1(CO1)C2CC=C1CCOC1=O. The molecule has 0 aromatic rings. The lowest BCUT2D eigenvalue weighted by molar-refractivity contribution is -0.135. The molecule has 23 heavy (non-hydrogen) atoms. The first kappa shape index (κ1) is 15.7. The summed E-state index contributed by atoms with van der Waals surface area (Å²) >= 11 is 0. The number of hydrogen-bond donors (Lipinski definition) is 0. The summed E-state index contributed by atoms with van der Waals surface area (Å²) in [5, 5.41) is 0. The molecule has 2 aliphatic heterocycles. The molecule has 0 bridgehead atoms. The molecule has 2 saturated carbocycles. The zero-order valence-corrected chi connectivity index (χ0v) is 14.8. The Morgan fingerprint density at radius 3 is 2.65 bits per heavy atom. The Bertz CT molecular complexity index is 543. The largest absolute Gasteiger partial charge is 0.462 e. The average molecular weight is 318 g/mol. The highest BCUT2D eigenvalue weighted by molar-refractivity contribution is 5.90. The summed E-state index contributed by atoms with van der Waals surface area (Å²) in [5.74, 6) is 1.23. The molecule has 4 fully saturated rings. The topological polar surface area (TPSA) is 38.8 Å². The zero-order chi connectivity index (χ0) is 16.3. The van der Waals surface area contributed by atoms with Gasteiger partial charge in [-0.25, -0.2) is 4.79 Å². The van der Waals surface area contributed by atoms with Crippen LogP contribution in [-0.2, 0) is 14.3 Å². The van der Waals surface area contributed by atoms with Crippen LogP contribution in [0.4, 0.5) is 0 Å². The van der Waals surface area contributed by atoms with E-state index in [9.17, 15) is 4.79 Å². The van der Waals surface area contributed by atoms with E-state index >= 15 is 0 Å². The van der Waals surface area contributed by atoms with Crippen LogP contribution in [0, 0.1) is 22.7 Å². The van der Waals surface area contributed by atoms with Gasteiger partial charge in [0.05, 0.1) is 18.8 Å². The van der Waals surface area contributed by atoms with Gasteiger partial charge in [-0.1, -0.05) is 33.3 Å². The maximum atomic E-state index is 11.8. The van der Waals surface area contributed by atoms with Gasteiger partial charge in [-0.15, -0.1) is 0 Å². The van der Waals surface area contributed by atoms with E-state index < -0.39 is 0 Å². The van der Waals surface area contributed by atoms with Gasteiger partial charge in [0.25, 0.3) is 0 Å². The molecule has 3 heteroatoms. The number of carbonyl (C=O) groups excluding carboxylic acids is 1. The lowest BCUT2D eigenvalue weighted by Crippen LogP contribution is -2.54. The van der Waals surface area contributed by atoms with E-state index in [0.717, 1.165) is 30.9 Å². The van der Waals surface area contributed by atoms with Gasteiger partial charge >= 0.3 is 5.97 Å². The Labute approximate surface area is 139 Å². The normalized spacial score (nSPS) is 46.7. The summed E-state index contributed by atoms with van der Waals surface area (Å²) in [5.41, 5.74) is 1.77. The number of epoxide rings is 1. The second-order valence-electron chi connectivity index (χ2n) is 9.20. The van der Waals surface area contributed by atoms with Crippen LogP contribution in [0.25, 0.3) is 0 Å². The summed E-state index contributed by atoms with van der Waals surface area (Å²) < 4.78 is 11.1. The first-order chi connectivity index (χ1) is 10.9. The molecule has 2 saturated heterocycles. The van der Waals surface area contributed by atoms with E-state index in [0.29, 0.717) is 23.4 Å². The van der Waals surface area contributed by atoms with Gasteiger partial charge in [0.2, 0.25) is 0 Å². The molecule has 0 N–H and O–H groups in total. The maximum Gasteiger partial charge on any atom is 0.333 e. The number of carbonyl (C=O) groups is 1. The summed E-state index contributed by atoms with van der Waals surface area (Å²) in [6.45, 7) is 8.92. The van der Waals surface area contributed by atoms with E-state index in [1.165, 1.54) is 32.1 Å². The van der Waals surface area contributed by atoms with Crippen molar-refractivity contribution in [2.75, 3.05) is 13.2 Å². The van der Waals surface area contributed by atoms with E-state index in [-0.39, 0.29) is 11.6 Å². The molecule has 2 aliphatic carbocycles. The van der Waals surface area contributed by atoms with Gasteiger partial charge in [0, 0.05) is 12.0 Å². The van der Waals surface area contributed by atoms with Crippen molar-refractivity contribution in [1.29, 1.82) is 0 Å². The third-order valence-electron chi connectivity index (χ3n) is 7.55. The van der Waals surface area contributed by atoms with Gasteiger partial charge in [0.15, 0.2) is 0 Å². The number of hydrogen-bond acceptors (Lipinski definition) is 3. The van der Waals surface area contributed by atoms with Crippen molar-refractivity contribution in [3.8, 4) is 0 Å². The standard InChI is InChI=1S/C20H30O3/c1-18(2)9-4-10-19(3)15(18)7-11-20(13-23-20)16(19)6-5-14-8-12-22-17(14)21/h5,15-16H,4,6-13H2,1-3H3. The first-order valence-electron chi connectivity index (χ1n) is 9.38. The van der Waals surface area contributed by atoms with Crippen molar-refractivity contribution >= 4 is 5.97 Å². The fourth-order valence-electron chi connectivity index (χ4n) is 6.28. The van der Waals surface area contributed by atoms with Gasteiger partial charge < -0.3 is 9.47 Å². The Balaban J connectivity index is 1.63. The molecule has 4 unspecified atom stereocenters. The maximum absolute atomic E-state index is 11.8. The van der Waals surface area contributed by atoms with Crippen molar-refractivity contribution in [3.63, 3.8) is 0 Å². The fraction of sp³-hybridized carbons (Fsp3) is 0.850. The van der Waals surface area contributed by atoms with E-state index in [1.54, 1.807) is 0 Å². The van der Waals surface area contributed by atoms with Crippen LogP contribution in [-0.4, -0.2) is 24.8 Å². The Morgan fingerprint density at radius 1 is 1.22 bits per heavy atom. The van der Waals surface area contributed by atoms with Crippen LogP contribution >= 0.6 is 0 Å². The highest BCUT2D eigenvalue weighted by Crippen LogP contribution is 2.66. The van der Waals surface area contributed by atoms with Gasteiger partial charge in [-0.2, -0.15) is 0 Å². The molecule has 4 atom stereocenters. The number of allylic oxidation sites excluding steroid dienone is 1.